The van der Waals surface area contributed by atoms with Crippen LogP contribution in [0.2, 0.25) is 0 Å². The average Bonchev–Trinajstić information content (AvgIpc) is 3.13. The van der Waals surface area contributed by atoms with Gasteiger partial charge in [0.2, 0.25) is 5.91 Å². The van der Waals surface area contributed by atoms with Crippen molar-refractivity contribution in [3.05, 3.63) is 0 Å². The lowest BCUT2D eigenvalue weighted by atomic mass is 9.82. The summed E-state index contributed by atoms with van der Waals surface area (Å²) in [6, 6.07) is 0. The summed E-state index contributed by atoms with van der Waals surface area (Å²) in [7, 11) is 0. The van der Waals surface area contributed by atoms with Gasteiger partial charge in [-0.05, 0) is 45.1 Å². The number of carbonyl (C=O) groups excluding carboxylic acids is 1. The number of aliphatic carboxylic acids is 1. The van der Waals surface area contributed by atoms with Crippen molar-refractivity contribution in [1.82, 2.24) is 10.2 Å². The lowest BCUT2D eigenvalue weighted by Crippen LogP contribution is -2.50. The maximum Gasteiger partial charge on any atom is 0.311 e. The molecule has 102 valence electrons. The van der Waals surface area contributed by atoms with E-state index < -0.39 is 11.4 Å². The Kier molecular flexibility index (Phi) is 3.90. The molecule has 0 aromatic carbocycles. The Labute approximate surface area is 108 Å². The Bertz CT molecular complexity index is 341. The van der Waals surface area contributed by atoms with Crippen molar-refractivity contribution in [1.29, 1.82) is 0 Å². The van der Waals surface area contributed by atoms with Crippen molar-refractivity contribution in [3.63, 3.8) is 0 Å². The number of carbonyl (C=O) groups is 2. The molecule has 0 radical (unpaired) electrons. The van der Waals surface area contributed by atoms with E-state index in [0.29, 0.717) is 26.1 Å². The van der Waals surface area contributed by atoms with Crippen molar-refractivity contribution in [2.75, 3.05) is 26.2 Å². The summed E-state index contributed by atoms with van der Waals surface area (Å²) >= 11 is 0. The fourth-order valence-corrected chi connectivity index (χ4v) is 2.44. The first-order chi connectivity index (χ1) is 8.51. The lowest BCUT2D eigenvalue weighted by molar-refractivity contribution is -0.153. The van der Waals surface area contributed by atoms with E-state index in [1.165, 1.54) is 12.8 Å². The van der Waals surface area contributed by atoms with Crippen LogP contribution in [0.3, 0.4) is 0 Å². The number of piperidine rings is 1. The molecule has 0 bridgehead atoms. The highest BCUT2D eigenvalue weighted by Crippen LogP contribution is 2.30. The second-order valence-electron chi connectivity index (χ2n) is 5.86. The third-order valence-electron chi connectivity index (χ3n) is 3.97. The lowest BCUT2D eigenvalue weighted by Gasteiger charge is -2.37. The third kappa shape index (κ3) is 3.22. The fourth-order valence-electron chi connectivity index (χ4n) is 2.44. The van der Waals surface area contributed by atoms with Crippen molar-refractivity contribution in [2.45, 2.75) is 32.6 Å². The second kappa shape index (κ2) is 5.26. The number of hydrogen-bond acceptors (Lipinski definition) is 3. The van der Waals surface area contributed by atoms with Gasteiger partial charge in [-0.1, -0.05) is 0 Å². The van der Waals surface area contributed by atoms with Crippen molar-refractivity contribution in [2.24, 2.45) is 11.3 Å². The maximum absolute atomic E-state index is 12.0. The third-order valence-corrected chi connectivity index (χ3v) is 3.97. The average molecular weight is 254 g/mol. The van der Waals surface area contributed by atoms with Gasteiger partial charge in [-0.3, -0.25) is 9.59 Å². The van der Waals surface area contributed by atoms with Crippen LogP contribution in [0, 0.1) is 11.3 Å². The summed E-state index contributed by atoms with van der Waals surface area (Å²) in [5.74, 6) is -0.0165. The van der Waals surface area contributed by atoms with Crippen molar-refractivity contribution >= 4 is 11.9 Å². The number of carboxylic acid groups (broad SMARTS) is 1. The van der Waals surface area contributed by atoms with E-state index in [1.807, 2.05) is 0 Å². The highest BCUT2D eigenvalue weighted by atomic mass is 16.4. The zero-order valence-electron chi connectivity index (χ0n) is 10.9. The monoisotopic (exact) mass is 254 g/mol. The number of nitrogens with one attached hydrogen (secondary N) is 1. The number of carboxylic acids is 1. The van der Waals surface area contributed by atoms with Crippen LogP contribution in [0.25, 0.3) is 0 Å². The molecule has 2 rings (SSSR count). The molecule has 1 heterocycles. The van der Waals surface area contributed by atoms with Crippen LogP contribution in [0.1, 0.15) is 32.6 Å². The summed E-state index contributed by atoms with van der Waals surface area (Å²) in [6.45, 7) is 4.01. The number of likely N-dealkylation sites (tertiary alicyclic amines) is 1. The molecule has 1 aliphatic carbocycles. The van der Waals surface area contributed by atoms with Gasteiger partial charge in [0.15, 0.2) is 0 Å². The van der Waals surface area contributed by atoms with Crippen LogP contribution in [0.5, 0.6) is 0 Å². The van der Waals surface area contributed by atoms with E-state index in [1.54, 1.807) is 11.8 Å². The largest absolute Gasteiger partial charge is 0.481 e. The molecule has 2 fully saturated rings. The Morgan fingerprint density at radius 3 is 2.78 bits per heavy atom. The summed E-state index contributed by atoms with van der Waals surface area (Å²) < 4.78 is 0. The Hall–Kier alpha value is -1.10. The molecule has 18 heavy (non-hydrogen) atoms. The van der Waals surface area contributed by atoms with E-state index in [-0.39, 0.29) is 5.91 Å². The van der Waals surface area contributed by atoms with Crippen LogP contribution in [0.15, 0.2) is 0 Å². The normalized spacial score (nSPS) is 28.2. The summed E-state index contributed by atoms with van der Waals surface area (Å²) in [5.41, 5.74) is -0.773. The van der Waals surface area contributed by atoms with Crippen LogP contribution < -0.4 is 5.32 Å². The second-order valence-corrected chi connectivity index (χ2v) is 5.86. The van der Waals surface area contributed by atoms with Gasteiger partial charge in [-0.25, -0.2) is 0 Å². The predicted molar refractivity (Wildman–Crippen MR) is 67.2 cm³/mol. The van der Waals surface area contributed by atoms with Gasteiger partial charge in [0.25, 0.3) is 0 Å². The number of hydrogen-bond donors (Lipinski definition) is 2. The number of amides is 1. The molecule has 5 heteroatoms. The Morgan fingerprint density at radius 2 is 2.17 bits per heavy atom. The molecule has 0 spiro atoms. The highest BCUT2D eigenvalue weighted by Gasteiger charge is 2.39. The minimum atomic E-state index is -0.800. The van der Waals surface area contributed by atoms with Gasteiger partial charge >= 0.3 is 5.97 Å². The van der Waals surface area contributed by atoms with Gasteiger partial charge in [0.1, 0.15) is 0 Å². The van der Waals surface area contributed by atoms with Gasteiger partial charge in [0, 0.05) is 13.1 Å². The van der Waals surface area contributed by atoms with Gasteiger partial charge in [-0.2, -0.15) is 0 Å². The molecular weight excluding hydrogens is 232 g/mol. The first kappa shape index (κ1) is 13.3. The van der Waals surface area contributed by atoms with Gasteiger partial charge in [0.05, 0.1) is 12.0 Å². The summed E-state index contributed by atoms with van der Waals surface area (Å²) in [4.78, 5) is 24.9. The van der Waals surface area contributed by atoms with Crippen molar-refractivity contribution in [3.8, 4) is 0 Å². The molecule has 1 saturated carbocycles. The zero-order valence-corrected chi connectivity index (χ0v) is 10.9. The smallest absolute Gasteiger partial charge is 0.311 e. The molecule has 1 atom stereocenters. The quantitative estimate of drug-likeness (QED) is 0.757. The maximum atomic E-state index is 12.0. The molecular formula is C13H22N2O3. The van der Waals surface area contributed by atoms with Crippen LogP contribution in [-0.4, -0.2) is 48.1 Å². The number of rotatable bonds is 5. The molecule has 5 nitrogen and oxygen atoms in total. The highest BCUT2D eigenvalue weighted by molar-refractivity contribution is 5.80. The topological polar surface area (TPSA) is 69.6 Å². The van der Waals surface area contributed by atoms with E-state index in [2.05, 4.69) is 5.32 Å². The minimum absolute atomic E-state index is 0.0304. The van der Waals surface area contributed by atoms with Crippen molar-refractivity contribution < 1.29 is 14.7 Å². The minimum Gasteiger partial charge on any atom is -0.481 e. The Morgan fingerprint density at radius 1 is 1.44 bits per heavy atom. The molecule has 2 N–H and O–H groups in total. The van der Waals surface area contributed by atoms with Crippen LogP contribution >= 0.6 is 0 Å². The van der Waals surface area contributed by atoms with E-state index in [0.717, 1.165) is 18.9 Å². The van der Waals surface area contributed by atoms with E-state index in [4.69, 9.17) is 0 Å². The molecule has 1 amide bonds. The fraction of sp³-hybridized carbons (Fsp3) is 0.846. The Balaban J connectivity index is 1.79. The number of nitrogens with zero attached hydrogens (tertiary/aromatic N) is 1. The SMILES string of the molecule is CC1(C(=O)O)CCCN(C(=O)CNCC2CC2)C1. The van der Waals surface area contributed by atoms with Gasteiger partial charge in [-0.15, -0.1) is 0 Å². The molecule has 1 aliphatic heterocycles. The van der Waals surface area contributed by atoms with Gasteiger partial charge < -0.3 is 15.3 Å². The van der Waals surface area contributed by atoms with E-state index in [9.17, 15) is 14.7 Å². The standard InChI is InChI=1S/C13H22N2O3/c1-13(12(17)18)5-2-6-15(9-13)11(16)8-14-7-10-3-4-10/h10,14H,2-9H2,1H3,(H,17,18). The zero-order chi connectivity index (χ0) is 13.2. The van der Waals surface area contributed by atoms with Crippen LogP contribution in [0.4, 0.5) is 0 Å². The molecule has 1 saturated heterocycles. The molecule has 1 unspecified atom stereocenters. The first-order valence-corrected chi connectivity index (χ1v) is 6.73. The molecule has 0 aromatic rings. The first-order valence-electron chi connectivity index (χ1n) is 6.73. The molecule has 0 aromatic heterocycles. The summed E-state index contributed by atoms with van der Waals surface area (Å²) in [6.07, 6.45) is 3.96. The summed E-state index contributed by atoms with van der Waals surface area (Å²) in [5, 5.41) is 12.4. The van der Waals surface area contributed by atoms with Crippen LogP contribution in [-0.2, 0) is 9.59 Å². The predicted octanol–water partition coefficient (Wildman–Crippen LogP) is 0.699. The molecule has 2 aliphatic rings. The van der Waals surface area contributed by atoms with E-state index >= 15 is 0 Å².